The lowest BCUT2D eigenvalue weighted by atomic mass is 10.1. The third-order valence-electron chi connectivity index (χ3n) is 4.60. The third kappa shape index (κ3) is 3.47. The molecule has 1 amide bonds. The molecule has 3 aromatic rings. The summed E-state index contributed by atoms with van der Waals surface area (Å²) in [6.07, 6.45) is 0. The molecule has 6 nitrogen and oxygen atoms in total. The second-order valence-electron chi connectivity index (χ2n) is 6.57. The number of nitrogens with one attached hydrogen (secondary N) is 2. The first-order chi connectivity index (χ1) is 12.7. The zero-order valence-electron chi connectivity index (χ0n) is 15.9. The fourth-order valence-corrected chi connectivity index (χ4v) is 3.70. The number of amides is 1. The standard InChI is InChI=1S/C20H21BrN4O2/c1-10-16(13(4)26)11(2)22-18(10)20(27)23-19-17(12(3)24-25(19)5)14-6-8-15(21)9-7-14/h6-9,22H,1-5H3,(H,23,27). The van der Waals surface area contributed by atoms with Crippen molar-refractivity contribution in [1.29, 1.82) is 0 Å². The van der Waals surface area contributed by atoms with Gasteiger partial charge in [0.25, 0.3) is 5.91 Å². The Labute approximate surface area is 166 Å². The number of aromatic amines is 1. The van der Waals surface area contributed by atoms with E-state index in [4.69, 9.17) is 0 Å². The number of carbonyl (C=O) groups excluding carboxylic acids is 2. The van der Waals surface area contributed by atoms with Crippen molar-refractivity contribution in [3.05, 3.63) is 56.9 Å². The predicted molar refractivity (Wildman–Crippen MR) is 109 cm³/mol. The summed E-state index contributed by atoms with van der Waals surface area (Å²) in [6.45, 7) is 6.98. The van der Waals surface area contributed by atoms with Gasteiger partial charge in [0.1, 0.15) is 11.5 Å². The molecule has 2 heterocycles. The Bertz CT molecular complexity index is 1050. The molecule has 0 aliphatic carbocycles. The minimum atomic E-state index is -0.301. The molecule has 0 unspecified atom stereocenters. The van der Waals surface area contributed by atoms with Gasteiger partial charge in [-0.3, -0.25) is 14.3 Å². The van der Waals surface area contributed by atoms with Crippen LogP contribution in [-0.2, 0) is 7.05 Å². The van der Waals surface area contributed by atoms with Crippen LogP contribution in [0.1, 0.15) is 44.7 Å². The van der Waals surface area contributed by atoms with Gasteiger partial charge in [-0.2, -0.15) is 5.10 Å². The lowest BCUT2D eigenvalue weighted by molar-refractivity contribution is 0.101. The summed E-state index contributed by atoms with van der Waals surface area (Å²) in [5.74, 6) is 0.243. The van der Waals surface area contributed by atoms with Gasteiger partial charge in [-0.15, -0.1) is 0 Å². The van der Waals surface area contributed by atoms with Crippen molar-refractivity contribution in [2.75, 3.05) is 5.32 Å². The topological polar surface area (TPSA) is 79.8 Å². The molecule has 0 spiro atoms. The van der Waals surface area contributed by atoms with Crippen LogP contribution in [0, 0.1) is 20.8 Å². The van der Waals surface area contributed by atoms with Crippen molar-refractivity contribution in [1.82, 2.24) is 14.8 Å². The monoisotopic (exact) mass is 428 g/mol. The van der Waals surface area contributed by atoms with Gasteiger partial charge in [0.2, 0.25) is 0 Å². The fraction of sp³-hybridized carbons (Fsp3) is 0.250. The minimum absolute atomic E-state index is 0.0628. The maximum absolute atomic E-state index is 12.9. The van der Waals surface area contributed by atoms with Gasteiger partial charge >= 0.3 is 0 Å². The zero-order chi connectivity index (χ0) is 19.9. The second-order valence-corrected chi connectivity index (χ2v) is 7.49. The maximum atomic E-state index is 12.9. The number of aromatic nitrogens is 3. The van der Waals surface area contributed by atoms with E-state index in [1.165, 1.54) is 6.92 Å². The van der Waals surface area contributed by atoms with Crippen molar-refractivity contribution in [3.8, 4) is 11.1 Å². The van der Waals surface area contributed by atoms with Crippen molar-refractivity contribution in [2.24, 2.45) is 7.05 Å². The summed E-state index contributed by atoms with van der Waals surface area (Å²) >= 11 is 3.44. The number of nitrogens with zero attached hydrogens (tertiary/aromatic N) is 2. The van der Waals surface area contributed by atoms with Gasteiger partial charge in [-0.25, -0.2) is 0 Å². The van der Waals surface area contributed by atoms with Gasteiger partial charge < -0.3 is 10.3 Å². The molecule has 0 aliphatic heterocycles. The van der Waals surface area contributed by atoms with E-state index in [1.54, 1.807) is 25.6 Å². The minimum Gasteiger partial charge on any atom is -0.354 e. The van der Waals surface area contributed by atoms with Crippen molar-refractivity contribution < 1.29 is 9.59 Å². The number of Topliss-reactive ketones (excluding diaryl/α,β-unsaturated/α-hetero) is 1. The Morgan fingerprint density at radius 1 is 1.15 bits per heavy atom. The smallest absolute Gasteiger partial charge is 0.273 e. The summed E-state index contributed by atoms with van der Waals surface area (Å²) in [7, 11) is 1.79. The zero-order valence-corrected chi connectivity index (χ0v) is 17.5. The van der Waals surface area contributed by atoms with Gasteiger partial charge in [-0.1, -0.05) is 28.1 Å². The van der Waals surface area contributed by atoms with Crippen LogP contribution in [0.4, 0.5) is 5.82 Å². The highest BCUT2D eigenvalue weighted by Crippen LogP contribution is 2.32. The molecule has 0 radical (unpaired) electrons. The van der Waals surface area contributed by atoms with Gasteiger partial charge in [-0.05, 0) is 51.0 Å². The number of hydrogen-bond donors (Lipinski definition) is 2. The molecule has 27 heavy (non-hydrogen) atoms. The number of hydrogen-bond acceptors (Lipinski definition) is 3. The molecular weight excluding hydrogens is 408 g/mol. The Kier molecular flexibility index (Phi) is 5.06. The van der Waals surface area contributed by atoms with E-state index in [0.29, 0.717) is 28.3 Å². The van der Waals surface area contributed by atoms with E-state index in [2.05, 4.69) is 31.3 Å². The number of aryl methyl sites for hydroxylation is 3. The molecule has 0 atom stereocenters. The van der Waals surface area contributed by atoms with Crippen LogP contribution in [0.2, 0.25) is 0 Å². The highest BCUT2D eigenvalue weighted by atomic mass is 79.9. The van der Waals surface area contributed by atoms with Crippen molar-refractivity contribution in [3.63, 3.8) is 0 Å². The van der Waals surface area contributed by atoms with Crippen molar-refractivity contribution >= 4 is 33.4 Å². The van der Waals surface area contributed by atoms with E-state index in [1.807, 2.05) is 31.2 Å². The number of H-pyrrole nitrogens is 1. The second kappa shape index (κ2) is 7.15. The molecule has 3 rings (SSSR count). The first-order valence-electron chi connectivity index (χ1n) is 8.51. The molecule has 2 N–H and O–H groups in total. The first-order valence-corrected chi connectivity index (χ1v) is 9.31. The lowest BCUT2D eigenvalue weighted by Gasteiger charge is -2.09. The Morgan fingerprint density at radius 2 is 1.78 bits per heavy atom. The third-order valence-corrected chi connectivity index (χ3v) is 5.13. The highest BCUT2D eigenvalue weighted by Gasteiger charge is 2.23. The Hall–Kier alpha value is -2.67. The first kappa shape index (κ1) is 19.1. The normalized spacial score (nSPS) is 10.9. The summed E-state index contributed by atoms with van der Waals surface area (Å²) in [5.41, 5.74) is 4.95. The Balaban J connectivity index is 2.02. The molecule has 0 aliphatic rings. The average molecular weight is 429 g/mol. The summed E-state index contributed by atoms with van der Waals surface area (Å²) in [6, 6.07) is 7.85. The van der Waals surface area contributed by atoms with Crippen LogP contribution in [0.5, 0.6) is 0 Å². The molecule has 0 saturated heterocycles. The van der Waals surface area contributed by atoms with Crippen LogP contribution in [0.3, 0.4) is 0 Å². The van der Waals surface area contributed by atoms with E-state index in [9.17, 15) is 9.59 Å². The van der Waals surface area contributed by atoms with E-state index in [-0.39, 0.29) is 11.7 Å². The molecule has 0 bridgehead atoms. The summed E-state index contributed by atoms with van der Waals surface area (Å²) < 4.78 is 2.63. The summed E-state index contributed by atoms with van der Waals surface area (Å²) in [4.78, 5) is 27.8. The summed E-state index contributed by atoms with van der Waals surface area (Å²) in [5, 5.41) is 7.41. The highest BCUT2D eigenvalue weighted by molar-refractivity contribution is 9.10. The van der Waals surface area contributed by atoms with Crippen LogP contribution < -0.4 is 5.32 Å². The maximum Gasteiger partial charge on any atom is 0.273 e. The lowest BCUT2D eigenvalue weighted by Crippen LogP contribution is -2.16. The molecule has 1 aromatic carbocycles. The Morgan fingerprint density at radius 3 is 2.33 bits per heavy atom. The number of halogens is 1. The quantitative estimate of drug-likeness (QED) is 0.597. The number of benzene rings is 1. The number of ketones is 1. The number of rotatable bonds is 4. The largest absolute Gasteiger partial charge is 0.354 e. The van der Waals surface area contributed by atoms with Gasteiger partial charge in [0, 0.05) is 28.3 Å². The number of carbonyl (C=O) groups is 2. The molecule has 0 saturated carbocycles. The molecule has 140 valence electrons. The molecule has 7 heteroatoms. The van der Waals surface area contributed by atoms with Gasteiger partial charge in [0.15, 0.2) is 5.78 Å². The van der Waals surface area contributed by atoms with Crippen LogP contribution in [0.15, 0.2) is 28.7 Å². The van der Waals surface area contributed by atoms with Crippen molar-refractivity contribution in [2.45, 2.75) is 27.7 Å². The average Bonchev–Trinajstić information content (AvgIpc) is 3.04. The SMILES string of the molecule is CC(=O)c1c(C)[nH]c(C(=O)Nc2c(-c3ccc(Br)cc3)c(C)nn2C)c1C. The molecule has 0 fully saturated rings. The number of anilines is 1. The van der Waals surface area contributed by atoms with E-state index < -0.39 is 0 Å². The predicted octanol–water partition coefficient (Wildman–Crippen LogP) is 4.56. The molecule has 2 aromatic heterocycles. The van der Waals surface area contributed by atoms with E-state index >= 15 is 0 Å². The van der Waals surface area contributed by atoms with Crippen LogP contribution >= 0.6 is 15.9 Å². The fourth-order valence-electron chi connectivity index (χ4n) is 3.44. The van der Waals surface area contributed by atoms with Crippen LogP contribution in [-0.4, -0.2) is 26.5 Å². The van der Waals surface area contributed by atoms with E-state index in [0.717, 1.165) is 21.3 Å². The molecular formula is C20H21BrN4O2. The van der Waals surface area contributed by atoms with Crippen LogP contribution in [0.25, 0.3) is 11.1 Å². The van der Waals surface area contributed by atoms with Gasteiger partial charge in [0.05, 0.1) is 5.69 Å².